The van der Waals surface area contributed by atoms with Gasteiger partial charge < -0.3 is 14.2 Å². The van der Waals surface area contributed by atoms with Crippen LogP contribution >= 0.6 is 0 Å². The molecule has 1 aromatic heterocycles. The van der Waals surface area contributed by atoms with E-state index in [9.17, 15) is 17.6 Å². The van der Waals surface area contributed by atoms with Crippen LogP contribution in [0.5, 0.6) is 5.75 Å². The second kappa shape index (κ2) is 9.90. The zero-order valence-corrected chi connectivity index (χ0v) is 19.7. The van der Waals surface area contributed by atoms with Crippen molar-refractivity contribution in [3.8, 4) is 17.1 Å². The quantitative estimate of drug-likeness (QED) is 0.503. The molecule has 0 aliphatic carbocycles. The number of ether oxygens (including phenoxy) is 1. The lowest BCUT2D eigenvalue weighted by Crippen LogP contribution is -2.43. The molecule has 34 heavy (non-hydrogen) atoms. The molecule has 1 aliphatic heterocycles. The van der Waals surface area contributed by atoms with E-state index in [1.807, 2.05) is 18.2 Å². The second-order valence-electron chi connectivity index (χ2n) is 8.07. The number of piperidine rings is 1. The Morgan fingerprint density at radius 2 is 1.91 bits per heavy atom. The molecule has 1 amide bonds. The smallest absolute Gasteiger partial charge is 0.246 e. The molecule has 1 fully saturated rings. The van der Waals surface area contributed by atoms with E-state index in [1.54, 1.807) is 20.2 Å². The summed E-state index contributed by atoms with van der Waals surface area (Å²) in [6.07, 6.45) is 0.783. The van der Waals surface area contributed by atoms with Crippen molar-refractivity contribution in [3.05, 3.63) is 60.2 Å². The number of carbonyl (C=O) groups excluding carboxylic acids is 1. The minimum atomic E-state index is -3.73. The van der Waals surface area contributed by atoms with Crippen molar-refractivity contribution in [2.45, 2.75) is 24.3 Å². The fourth-order valence-electron chi connectivity index (χ4n) is 3.89. The summed E-state index contributed by atoms with van der Waals surface area (Å²) in [5.74, 6) is 0.441. The predicted molar refractivity (Wildman–Crippen MR) is 121 cm³/mol. The zero-order chi connectivity index (χ0) is 24.3. The highest BCUT2D eigenvalue weighted by atomic mass is 32.2. The number of halogens is 1. The summed E-state index contributed by atoms with van der Waals surface area (Å²) in [7, 11) is -0.500. The van der Waals surface area contributed by atoms with Crippen LogP contribution in [0.3, 0.4) is 0 Å². The Kier molecular flexibility index (Phi) is 6.94. The molecule has 0 bridgehead atoms. The number of rotatable bonds is 7. The summed E-state index contributed by atoms with van der Waals surface area (Å²) >= 11 is 0. The lowest BCUT2D eigenvalue weighted by atomic mass is 9.97. The van der Waals surface area contributed by atoms with Gasteiger partial charge >= 0.3 is 0 Å². The number of sulfonamides is 1. The first-order valence-electron chi connectivity index (χ1n) is 10.8. The van der Waals surface area contributed by atoms with Crippen LogP contribution in [0.1, 0.15) is 18.7 Å². The van der Waals surface area contributed by atoms with Crippen molar-refractivity contribution in [2.75, 3.05) is 27.2 Å². The van der Waals surface area contributed by atoms with Crippen molar-refractivity contribution in [3.63, 3.8) is 0 Å². The van der Waals surface area contributed by atoms with Crippen molar-refractivity contribution >= 4 is 15.9 Å². The van der Waals surface area contributed by atoms with Crippen LogP contribution in [0.2, 0.25) is 0 Å². The molecular weight excluding hydrogens is 463 g/mol. The molecule has 0 atom stereocenters. The molecule has 1 aliphatic rings. The molecule has 0 unspecified atom stereocenters. The van der Waals surface area contributed by atoms with E-state index in [1.165, 1.54) is 21.3 Å². The molecule has 3 aromatic rings. The third kappa shape index (κ3) is 5.10. The molecule has 0 radical (unpaired) electrons. The van der Waals surface area contributed by atoms with E-state index in [0.29, 0.717) is 30.3 Å². The molecule has 2 aromatic carbocycles. The molecule has 0 N–H and O–H groups in total. The fourth-order valence-corrected chi connectivity index (χ4v) is 5.36. The number of hydrogen-bond acceptors (Lipinski definition) is 7. The van der Waals surface area contributed by atoms with E-state index in [2.05, 4.69) is 10.1 Å². The Balaban J connectivity index is 1.34. The maximum atomic E-state index is 13.1. The topological polar surface area (TPSA) is 106 Å². The van der Waals surface area contributed by atoms with Gasteiger partial charge in [-0.25, -0.2) is 12.8 Å². The van der Waals surface area contributed by atoms with E-state index in [0.717, 1.165) is 17.7 Å². The lowest BCUT2D eigenvalue weighted by molar-refractivity contribution is -0.136. The van der Waals surface area contributed by atoms with Gasteiger partial charge in [-0.15, -0.1) is 0 Å². The van der Waals surface area contributed by atoms with Gasteiger partial charge in [-0.2, -0.15) is 9.29 Å². The van der Waals surface area contributed by atoms with E-state index in [-0.39, 0.29) is 36.4 Å². The van der Waals surface area contributed by atoms with Gasteiger partial charge in [0.15, 0.2) is 0 Å². The van der Waals surface area contributed by atoms with E-state index >= 15 is 0 Å². The number of methoxy groups -OCH3 is 1. The maximum Gasteiger partial charge on any atom is 0.246 e. The van der Waals surface area contributed by atoms with Gasteiger partial charge in [0.2, 0.25) is 27.6 Å². The van der Waals surface area contributed by atoms with Gasteiger partial charge in [0.25, 0.3) is 0 Å². The summed E-state index contributed by atoms with van der Waals surface area (Å²) in [6, 6.07) is 12.0. The Morgan fingerprint density at radius 3 is 2.59 bits per heavy atom. The first-order valence-corrected chi connectivity index (χ1v) is 12.2. The zero-order valence-electron chi connectivity index (χ0n) is 18.8. The Labute approximate surface area is 197 Å². The Hall–Kier alpha value is -3.31. The summed E-state index contributed by atoms with van der Waals surface area (Å²) in [5.41, 5.74) is 0.734. The SMILES string of the molecule is COc1cccc(-c2noc(CN(C)C(=O)C3CCN(S(=O)(=O)c4ccc(F)cc4)CC3)n2)c1. The van der Waals surface area contributed by atoms with Gasteiger partial charge in [-0.05, 0) is 49.2 Å². The first-order chi connectivity index (χ1) is 16.3. The normalized spacial score (nSPS) is 15.3. The average molecular weight is 489 g/mol. The van der Waals surface area contributed by atoms with E-state index in [4.69, 9.17) is 9.26 Å². The van der Waals surface area contributed by atoms with Gasteiger partial charge in [0.05, 0.1) is 18.6 Å². The maximum absolute atomic E-state index is 13.1. The highest BCUT2D eigenvalue weighted by Gasteiger charge is 2.33. The van der Waals surface area contributed by atoms with Crippen molar-refractivity contribution in [2.24, 2.45) is 5.92 Å². The van der Waals surface area contributed by atoms with Crippen LogP contribution in [0.15, 0.2) is 57.9 Å². The molecule has 2 heterocycles. The summed E-state index contributed by atoms with van der Waals surface area (Å²) in [5, 5.41) is 3.98. The monoisotopic (exact) mass is 488 g/mol. The number of carbonyl (C=O) groups is 1. The third-order valence-corrected chi connectivity index (χ3v) is 7.71. The predicted octanol–water partition coefficient (Wildman–Crippen LogP) is 2.94. The molecular formula is C23H25FN4O5S. The molecule has 9 nitrogen and oxygen atoms in total. The minimum Gasteiger partial charge on any atom is -0.497 e. The van der Waals surface area contributed by atoms with Crippen LogP contribution in [0.25, 0.3) is 11.4 Å². The van der Waals surface area contributed by atoms with Crippen LogP contribution in [0.4, 0.5) is 4.39 Å². The summed E-state index contributed by atoms with van der Waals surface area (Å²) < 4.78 is 50.6. The fraction of sp³-hybridized carbons (Fsp3) is 0.348. The van der Waals surface area contributed by atoms with Crippen molar-refractivity contribution in [1.82, 2.24) is 19.3 Å². The number of nitrogens with zero attached hydrogens (tertiary/aromatic N) is 4. The first kappa shape index (κ1) is 23.8. The van der Waals surface area contributed by atoms with Crippen LogP contribution in [-0.2, 0) is 21.4 Å². The lowest BCUT2D eigenvalue weighted by Gasteiger charge is -2.32. The third-order valence-electron chi connectivity index (χ3n) is 5.80. The molecule has 1 saturated heterocycles. The van der Waals surface area contributed by atoms with Gasteiger partial charge in [-0.1, -0.05) is 17.3 Å². The molecule has 180 valence electrons. The highest BCUT2D eigenvalue weighted by Crippen LogP contribution is 2.26. The molecule has 11 heteroatoms. The van der Waals surface area contributed by atoms with E-state index < -0.39 is 15.8 Å². The standard InChI is InChI=1S/C23H25FN4O5S/c1-27(15-21-25-22(26-33-21)17-4-3-5-19(14-17)32-2)23(29)16-10-12-28(13-11-16)34(30,31)20-8-6-18(24)7-9-20/h3-9,14,16H,10-13,15H2,1-2H3. The second-order valence-corrected chi connectivity index (χ2v) is 10.0. The number of benzene rings is 2. The van der Waals surface area contributed by atoms with Crippen molar-refractivity contribution in [1.29, 1.82) is 0 Å². The highest BCUT2D eigenvalue weighted by molar-refractivity contribution is 7.89. The van der Waals surface area contributed by atoms with Crippen LogP contribution in [0, 0.1) is 11.7 Å². The Bertz CT molecular complexity index is 1250. The summed E-state index contributed by atoms with van der Waals surface area (Å²) in [6.45, 7) is 0.568. The molecule has 0 saturated carbocycles. The summed E-state index contributed by atoms with van der Waals surface area (Å²) in [4.78, 5) is 18.9. The number of hydrogen-bond donors (Lipinski definition) is 0. The van der Waals surface area contributed by atoms with Crippen LogP contribution < -0.4 is 4.74 Å². The minimum absolute atomic E-state index is 0.0408. The molecule has 0 spiro atoms. The van der Waals surface area contributed by atoms with Gasteiger partial charge in [0, 0.05) is 31.6 Å². The number of aromatic nitrogens is 2. The Morgan fingerprint density at radius 1 is 1.21 bits per heavy atom. The average Bonchev–Trinajstić information content (AvgIpc) is 3.32. The van der Waals surface area contributed by atoms with Gasteiger partial charge in [0.1, 0.15) is 11.6 Å². The van der Waals surface area contributed by atoms with Gasteiger partial charge in [-0.3, -0.25) is 4.79 Å². The number of amides is 1. The largest absolute Gasteiger partial charge is 0.497 e. The molecule has 4 rings (SSSR count). The van der Waals surface area contributed by atoms with Crippen molar-refractivity contribution < 1.29 is 26.9 Å². The van der Waals surface area contributed by atoms with Crippen LogP contribution in [-0.4, -0.2) is 60.9 Å².